The maximum absolute atomic E-state index is 13.1. The summed E-state index contributed by atoms with van der Waals surface area (Å²) in [6.07, 6.45) is 0. The highest BCUT2D eigenvalue weighted by molar-refractivity contribution is 9.10. The van der Waals surface area contributed by atoms with Gasteiger partial charge in [-0.2, -0.15) is 0 Å². The van der Waals surface area contributed by atoms with Gasteiger partial charge in [-0.1, -0.05) is 0 Å². The third-order valence-corrected chi connectivity index (χ3v) is 3.47. The van der Waals surface area contributed by atoms with Crippen LogP contribution in [0.5, 0.6) is 0 Å². The predicted molar refractivity (Wildman–Crippen MR) is 50.4 cm³/mol. The molecule has 0 aliphatic rings. The van der Waals surface area contributed by atoms with Crippen molar-refractivity contribution >= 4 is 26.0 Å². The number of halogens is 3. The summed E-state index contributed by atoms with van der Waals surface area (Å²) >= 11 is 2.66. The molecule has 0 N–H and O–H groups in total. The van der Waals surface area contributed by atoms with Crippen molar-refractivity contribution in [1.82, 2.24) is 0 Å². The zero-order valence-electron chi connectivity index (χ0n) is 6.85. The van der Waals surface area contributed by atoms with E-state index in [1.807, 2.05) is 4.91 Å². The molecule has 0 heterocycles. The van der Waals surface area contributed by atoms with E-state index in [1.165, 1.54) is 0 Å². The summed E-state index contributed by atoms with van der Waals surface area (Å²) in [7, 11) is -4.47. The maximum atomic E-state index is 13.1. The van der Waals surface area contributed by atoms with Crippen LogP contribution in [0.3, 0.4) is 0 Å². The SMILES string of the molecule is [N-]=[N+]=NS(=O)(=O)c1c(F)cc(F)cc1Br. The second-order valence-electron chi connectivity index (χ2n) is 2.34. The molecule has 0 aromatic heterocycles. The van der Waals surface area contributed by atoms with Crippen LogP contribution in [0.15, 0.2) is 26.0 Å². The Morgan fingerprint density at radius 3 is 2.47 bits per heavy atom. The van der Waals surface area contributed by atoms with Crippen LogP contribution in [-0.2, 0) is 10.0 Å². The van der Waals surface area contributed by atoms with Crippen LogP contribution in [0.4, 0.5) is 8.78 Å². The Morgan fingerprint density at radius 1 is 1.40 bits per heavy atom. The van der Waals surface area contributed by atoms with E-state index in [-0.39, 0.29) is 4.47 Å². The van der Waals surface area contributed by atoms with E-state index >= 15 is 0 Å². The lowest BCUT2D eigenvalue weighted by Gasteiger charge is -2.02. The van der Waals surface area contributed by atoms with E-state index in [0.29, 0.717) is 6.07 Å². The van der Waals surface area contributed by atoms with E-state index in [9.17, 15) is 17.2 Å². The third-order valence-electron chi connectivity index (χ3n) is 1.37. The van der Waals surface area contributed by atoms with Crippen molar-refractivity contribution in [3.63, 3.8) is 0 Å². The predicted octanol–water partition coefficient (Wildman–Crippen LogP) is 2.73. The van der Waals surface area contributed by atoms with Crippen LogP contribution < -0.4 is 0 Å². The maximum Gasteiger partial charge on any atom is 0.268 e. The molecule has 0 bridgehead atoms. The molecule has 80 valence electrons. The van der Waals surface area contributed by atoms with Gasteiger partial charge in [-0.05, 0) is 27.5 Å². The molecular formula is C6H2BrF2N3O2S. The van der Waals surface area contributed by atoms with Gasteiger partial charge in [0.05, 0.1) is 0 Å². The second-order valence-corrected chi connectivity index (χ2v) is 4.72. The fourth-order valence-electron chi connectivity index (χ4n) is 0.864. The average molecular weight is 298 g/mol. The minimum Gasteiger partial charge on any atom is -0.216 e. The molecule has 0 amide bonds. The standard InChI is InChI=1S/C6H2BrF2N3O2S/c7-4-1-3(8)2-5(9)6(4)15(13,14)12-11-10/h1-2H. The molecule has 0 saturated carbocycles. The minimum atomic E-state index is -4.47. The molecule has 0 fully saturated rings. The summed E-state index contributed by atoms with van der Waals surface area (Å²) in [5.74, 6) is -2.27. The quantitative estimate of drug-likeness (QED) is 0.478. The minimum absolute atomic E-state index is 0.340. The number of benzene rings is 1. The smallest absolute Gasteiger partial charge is 0.216 e. The summed E-state index contributed by atoms with van der Waals surface area (Å²) in [5.41, 5.74) is 7.97. The molecule has 1 aromatic carbocycles. The number of sulfonamides is 1. The summed E-state index contributed by atoms with van der Waals surface area (Å²) in [6, 6.07) is 1.13. The highest BCUT2D eigenvalue weighted by Gasteiger charge is 2.22. The van der Waals surface area contributed by atoms with Crippen LogP contribution in [0.1, 0.15) is 0 Å². The van der Waals surface area contributed by atoms with Gasteiger partial charge in [0.25, 0.3) is 10.0 Å². The average Bonchev–Trinajstić information content (AvgIpc) is 1.99. The van der Waals surface area contributed by atoms with Crippen LogP contribution in [-0.4, -0.2) is 8.42 Å². The second kappa shape index (κ2) is 4.13. The van der Waals surface area contributed by atoms with Crippen molar-refractivity contribution in [2.75, 3.05) is 0 Å². The Bertz CT molecular complexity index is 530. The molecule has 1 rings (SSSR count). The van der Waals surface area contributed by atoms with Crippen LogP contribution in [0.2, 0.25) is 0 Å². The van der Waals surface area contributed by atoms with Crippen LogP contribution in [0.25, 0.3) is 10.4 Å². The number of nitrogens with zero attached hydrogens (tertiary/aromatic N) is 3. The summed E-state index contributed by atoms with van der Waals surface area (Å²) in [5, 5.41) is 0. The molecule has 0 aliphatic carbocycles. The molecule has 0 saturated heterocycles. The van der Waals surface area contributed by atoms with Crippen molar-refractivity contribution in [3.05, 3.63) is 38.7 Å². The van der Waals surface area contributed by atoms with E-state index in [2.05, 4.69) is 20.4 Å². The Labute approximate surface area is 91.5 Å². The topological polar surface area (TPSA) is 82.9 Å². The van der Waals surface area contributed by atoms with E-state index in [4.69, 9.17) is 5.53 Å². The van der Waals surface area contributed by atoms with E-state index < -0.39 is 26.6 Å². The third kappa shape index (κ3) is 2.44. The monoisotopic (exact) mass is 297 g/mol. The summed E-state index contributed by atoms with van der Waals surface area (Å²) in [4.78, 5) is 1.16. The molecule has 9 heteroatoms. The molecule has 0 radical (unpaired) electrons. The highest BCUT2D eigenvalue weighted by Crippen LogP contribution is 2.27. The highest BCUT2D eigenvalue weighted by atomic mass is 79.9. The van der Waals surface area contributed by atoms with E-state index in [1.54, 1.807) is 0 Å². The Kier molecular flexibility index (Phi) is 3.28. The normalized spacial score (nSPS) is 10.9. The van der Waals surface area contributed by atoms with Gasteiger partial charge in [0.1, 0.15) is 16.5 Å². The Hall–Kier alpha value is -1.18. The molecule has 0 aliphatic heterocycles. The fourth-order valence-corrected chi connectivity index (χ4v) is 2.67. The summed E-state index contributed by atoms with van der Waals surface area (Å²) in [6.45, 7) is 0. The first-order valence-electron chi connectivity index (χ1n) is 3.34. The van der Waals surface area contributed by atoms with Crippen molar-refractivity contribution < 1.29 is 17.2 Å². The van der Waals surface area contributed by atoms with Crippen LogP contribution >= 0.6 is 15.9 Å². The molecule has 1 aromatic rings. The molecule has 5 nitrogen and oxygen atoms in total. The number of hydrogen-bond donors (Lipinski definition) is 0. The lowest BCUT2D eigenvalue weighted by atomic mass is 10.3. The van der Waals surface area contributed by atoms with Crippen molar-refractivity contribution in [1.29, 1.82) is 0 Å². The summed E-state index contributed by atoms with van der Waals surface area (Å²) < 4.78 is 50.2. The first-order chi connectivity index (χ1) is 6.88. The van der Waals surface area contributed by atoms with Gasteiger partial charge >= 0.3 is 0 Å². The molecule has 0 spiro atoms. The molecule has 0 atom stereocenters. The first-order valence-corrected chi connectivity index (χ1v) is 5.57. The molecule has 0 unspecified atom stereocenters. The van der Waals surface area contributed by atoms with Crippen molar-refractivity contribution in [2.24, 2.45) is 4.52 Å². The fraction of sp³-hybridized carbons (Fsp3) is 0. The Morgan fingerprint density at radius 2 is 2.00 bits per heavy atom. The van der Waals surface area contributed by atoms with Gasteiger partial charge in [-0.25, -0.2) is 17.2 Å². The number of hydrogen-bond acceptors (Lipinski definition) is 2. The van der Waals surface area contributed by atoms with Gasteiger partial charge in [-0.3, -0.25) is 0 Å². The number of rotatable bonds is 2. The molecule has 15 heavy (non-hydrogen) atoms. The zero-order chi connectivity index (χ0) is 11.6. The zero-order valence-corrected chi connectivity index (χ0v) is 9.26. The van der Waals surface area contributed by atoms with Crippen molar-refractivity contribution in [2.45, 2.75) is 4.90 Å². The van der Waals surface area contributed by atoms with E-state index in [0.717, 1.165) is 6.07 Å². The van der Waals surface area contributed by atoms with Crippen LogP contribution in [0, 0.1) is 11.6 Å². The van der Waals surface area contributed by atoms with Gasteiger partial charge in [0.2, 0.25) is 0 Å². The first kappa shape index (κ1) is 11.9. The lowest BCUT2D eigenvalue weighted by molar-refractivity contribution is 0.547. The molecular weight excluding hydrogens is 296 g/mol. The lowest BCUT2D eigenvalue weighted by Crippen LogP contribution is -2.01. The van der Waals surface area contributed by atoms with Gasteiger partial charge in [-0.15, -0.1) is 0 Å². The Balaban J connectivity index is 3.59. The van der Waals surface area contributed by atoms with Gasteiger partial charge in [0, 0.05) is 20.0 Å². The van der Waals surface area contributed by atoms with Gasteiger partial charge in [0.15, 0.2) is 0 Å². The number of azide groups is 1. The van der Waals surface area contributed by atoms with Gasteiger partial charge < -0.3 is 0 Å². The van der Waals surface area contributed by atoms with Crippen molar-refractivity contribution in [3.8, 4) is 0 Å². The largest absolute Gasteiger partial charge is 0.268 e.